The average Bonchev–Trinajstić information content (AvgIpc) is 2.76. The third-order valence-corrected chi connectivity index (χ3v) is 5.35. The van der Waals surface area contributed by atoms with Crippen LogP contribution in [0.2, 0.25) is 0 Å². The maximum absolute atomic E-state index is 3.39. The van der Waals surface area contributed by atoms with Gasteiger partial charge in [-0.05, 0) is 46.6 Å². The maximum atomic E-state index is 3.39. The first-order valence-corrected chi connectivity index (χ1v) is 10.8. The molecule has 0 aromatic heterocycles. The van der Waals surface area contributed by atoms with Crippen LogP contribution in [0.5, 0.6) is 0 Å². The molecular formula is C27H39N. The van der Waals surface area contributed by atoms with Crippen molar-refractivity contribution < 1.29 is 0 Å². The Morgan fingerprint density at radius 1 is 0.893 bits per heavy atom. The molecule has 2 aromatic rings. The minimum Gasteiger partial charge on any atom is -0.388 e. The summed E-state index contributed by atoms with van der Waals surface area (Å²) in [6, 6.07) is 17.5. The fourth-order valence-corrected chi connectivity index (χ4v) is 3.82. The van der Waals surface area contributed by atoms with Gasteiger partial charge in [0, 0.05) is 18.3 Å². The highest BCUT2D eigenvalue weighted by Crippen LogP contribution is 2.41. The summed E-state index contributed by atoms with van der Waals surface area (Å²) in [5.74, 6) is 0.536. The van der Waals surface area contributed by atoms with Crippen LogP contribution in [-0.2, 0) is 5.41 Å². The normalized spacial score (nSPS) is 19.7. The quantitative estimate of drug-likeness (QED) is 0.574. The third-order valence-electron chi connectivity index (χ3n) is 5.35. The van der Waals surface area contributed by atoms with Crippen molar-refractivity contribution in [2.75, 3.05) is 7.05 Å². The molecule has 28 heavy (non-hydrogen) atoms. The van der Waals surface area contributed by atoms with Crippen molar-refractivity contribution in [2.45, 2.75) is 60.3 Å². The summed E-state index contributed by atoms with van der Waals surface area (Å²) in [5, 5.41) is 3.39. The van der Waals surface area contributed by atoms with Gasteiger partial charge in [0.2, 0.25) is 0 Å². The second-order valence-electron chi connectivity index (χ2n) is 7.08. The fraction of sp³-hybridized carbons (Fsp3) is 0.407. The van der Waals surface area contributed by atoms with Crippen LogP contribution in [0, 0.1) is 5.92 Å². The van der Waals surface area contributed by atoms with E-state index >= 15 is 0 Å². The van der Waals surface area contributed by atoms with Gasteiger partial charge in [0.05, 0.1) is 0 Å². The molecule has 0 bridgehead atoms. The van der Waals surface area contributed by atoms with Crippen molar-refractivity contribution in [1.29, 1.82) is 0 Å². The number of fused-ring (bicyclic) bond motifs is 1. The molecule has 0 saturated carbocycles. The predicted octanol–water partition coefficient (Wildman–Crippen LogP) is 7.84. The highest BCUT2D eigenvalue weighted by molar-refractivity contribution is 5.76. The standard InChI is InChI=1S/C23H27N.2C2H6/c1-5-19-12-9-13-22(24-4)20-16-18(17-10-7-6-8-11-17)14-15-21(20)23(19,2)3;2*1-2/h6-16,19,24H,5H2,1-4H3;2*1-2H3/b12-9-,22-13-;;. The first-order valence-electron chi connectivity index (χ1n) is 10.8. The molecule has 1 unspecified atom stereocenters. The van der Waals surface area contributed by atoms with E-state index in [9.17, 15) is 0 Å². The number of nitrogens with one attached hydrogen (secondary N) is 1. The summed E-state index contributed by atoms with van der Waals surface area (Å²) >= 11 is 0. The van der Waals surface area contributed by atoms with E-state index in [2.05, 4.69) is 92.8 Å². The highest BCUT2D eigenvalue weighted by Gasteiger charge is 2.32. The Balaban J connectivity index is 0.000000921. The Morgan fingerprint density at radius 2 is 1.54 bits per heavy atom. The van der Waals surface area contributed by atoms with E-state index in [0.29, 0.717) is 5.92 Å². The molecule has 1 atom stereocenters. The van der Waals surface area contributed by atoms with E-state index < -0.39 is 0 Å². The van der Waals surface area contributed by atoms with Crippen molar-refractivity contribution in [1.82, 2.24) is 5.32 Å². The predicted molar refractivity (Wildman–Crippen MR) is 128 cm³/mol. The largest absolute Gasteiger partial charge is 0.388 e. The molecule has 3 rings (SSSR count). The summed E-state index contributed by atoms with van der Waals surface area (Å²) in [7, 11) is 2.00. The van der Waals surface area contributed by atoms with Gasteiger partial charge in [-0.3, -0.25) is 0 Å². The van der Waals surface area contributed by atoms with Crippen molar-refractivity contribution in [3.63, 3.8) is 0 Å². The van der Waals surface area contributed by atoms with E-state index in [-0.39, 0.29) is 5.41 Å². The Morgan fingerprint density at radius 3 is 2.11 bits per heavy atom. The third kappa shape index (κ3) is 5.16. The maximum Gasteiger partial charge on any atom is 0.0414 e. The van der Waals surface area contributed by atoms with Crippen LogP contribution in [0.1, 0.15) is 66.0 Å². The number of benzene rings is 2. The smallest absolute Gasteiger partial charge is 0.0414 e. The van der Waals surface area contributed by atoms with E-state index in [0.717, 1.165) is 6.42 Å². The highest BCUT2D eigenvalue weighted by atomic mass is 14.8. The zero-order chi connectivity index (χ0) is 21.2. The second kappa shape index (κ2) is 11.5. The van der Waals surface area contributed by atoms with Gasteiger partial charge in [-0.15, -0.1) is 0 Å². The fourth-order valence-electron chi connectivity index (χ4n) is 3.82. The van der Waals surface area contributed by atoms with Gasteiger partial charge in [-0.2, -0.15) is 0 Å². The minimum absolute atomic E-state index is 0.103. The van der Waals surface area contributed by atoms with Crippen LogP contribution < -0.4 is 5.32 Å². The average molecular weight is 378 g/mol. The van der Waals surface area contributed by atoms with Crippen LogP contribution in [0.4, 0.5) is 0 Å². The molecule has 0 saturated heterocycles. The number of hydrogen-bond donors (Lipinski definition) is 1. The van der Waals surface area contributed by atoms with Gasteiger partial charge in [-0.1, -0.05) is 103 Å². The van der Waals surface area contributed by atoms with Crippen molar-refractivity contribution in [2.24, 2.45) is 5.92 Å². The summed E-state index contributed by atoms with van der Waals surface area (Å²) in [6.45, 7) is 15.0. The SMILES string of the molecule is CC.CC.CCC1/C=C\C=C(/NC)c2cc(-c3ccccc3)ccc2C1(C)C. The second-order valence-corrected chi connectivity index (χ2v) is 7.08. The lowest BCUT2D eigenvalue weighted by atomic mass is 9.69. The van der Waals surface area contributed by atoms with Gasteiger partial charge in [-0.25, -0.2) is 0 Å². The molecule has 0 aliphatic heterocycles. The van der Waals surface area contributed by atoms with Crippen LogP contribution in [-0.4, -0.2) is 7.05 Å². The first kappa shape index (κ1) is 23.8. The molecule has 0 fully saturated rings. The van der Waals surface area contributed by atoms with E-state index in [1.807, 2.05) is 34.7 Å². The molecule has 2 aromatic carbocycles. The summed E-state index contributed by atoms with van der Waals surface area (Å²) in [4.78, 5) is 0. The molecule has 1 nitrogen and oxygen atoms in total. The van der Waals surface area contributed by atoms with E-state index in [4.69, 9.17) is 0 Å². The molecule has 0 amide bonds. The molecule has 1 N–H and O–H groups in total. The Hall–Kier alpha value is -2.28. The van der Waals surface area contributed by atoms with Crippen LogP contribution in [0.15, 0.2) is 66.8 Å². The van der Waals surface area contributed by atoms with Gasteiger partial charge in [0.25, 0.3) is 0 Å². The van der Waals surface area contributed by atoms with Gasteiger partial charge < -0.3 is 5.32 Å². The monoisotopic (exact) mass is 377 g/mol. The summed E-state index contributed by atoms with van der Waals surface area (Å²) in [6.07, 6.45) is 7.91. The molecular weight excluding hydrogens is 338 g/mol. The lowest BCUT2D eigenvalue weighted by Crippen LogP contribution is -2.29. The Labute approximate surface area is 173 Å². The Kier molecular flexibility index (Phi) is 9.79. The van der Waals surface area contributed by atoms with E-state index in [1.165, 1.54) is 28.0 Å². The molecule has 1 aliphatic rings. The first-order chi connectivity index (χ1) is 13.6. The molecule has 1 aliphatic carbocycles. The van der Waals surface area contributed by atoms with Crippen molar-refractivity contribution in [3.05, 3.63) is 77.9 Å². The number of rotatable bonds is 3. The molecule has 0 spiro atoms. The molecule has 0 radical (unpaired) electrons. The van der Waals surface area contributed by atoms with Crippen molar-refractivity contribution >= 4 is 5.70 Å². The van der Waals surface area contributed by atoms with Crippen LogP contribution in [0.3, 0.4) is 0 Å². The lowest BCUT2D eigenvalue weighted by molar-refractivity contribution is 0.371. The van der Waals surface area contributed by atoms with Gasteiger partial charge in [0.15, 0.2) is 0 Å². The lowest BCUT2D eigenvalue weighted by Gasteiger charge is -2.36. The van der Waals surface area contributed by atoms with Gasteiger partial charge in [0.1, 0.15) is 0 Å². The van der Waals surface area contributed by atoms with Crippen LogP contribution in [0.25, 0.3) is 16.8 Å². The zero-order valence-electron chi connectivity index (χ0n) is 19.1. The number of hydrogen-bond acceptors (Lipinski definition) is 1. The van der Waals surface area contributed by atoms with Gasteiger partial charge >= 0.3 is 0 Å². The molecule has 1 heteroatoms. The molecule has 152 valence electrons. The number of allylic oxidation sites excluding steroid dienone is 3. The molecule has 0 heterocycles. The van der Waals surface area contributed by atoms with Crippen molar-refractivity contribution in [3.8, 4) is 11.1 Å². The summed E-state index contributed by atoms with van der Waals surface area (Å²) < 4.78 is 0. The van der Waals surface area contributed by atoms with E-state index in [1.54, 1.807) is 0 Å². The minimum atomic E-state index is 0.103. The topological polar surface area (TPSA) is 12.0 Å². The van der Waals surface area contributed by atoms with Crippen LogP contribution >= 0.6 is 0 Å². The zero-order valence-corrected chi connectivity index (χ0v) is 19.1. The summed E-state index contributed by atoms with van der Waals surface area (Å²) in [5.41, 5.74) is 6.54. The Bertz CT molecular complexity index is 766.